The molecule has 0 bridgehead atoms. The van der Waals surface area contributed by atoms with Crippen molar-refractivity contribution in [2.45, 2.75) is 19.4 Å². The minimum atomic E-state index is -0.477. The largest absolute Gasteiger partial charge is 0.372 e. The molecule has 0 aromatic heterocycles. The highest BCUT2D eigenvalue weighted by molar-refractivity contribution is 5.88. The van der Waals surface area contributed by atoms with Crippen LogP contribution in [0.4, 0.5) is 5.69 Å². The lowest BCUT2D eigenvalue weighted by molar-refractivity contribution is -0.114. The van der Waals surface area contributed by atoms with Crippen LogP contribution >= 0.6 is 0 Å². The van der Waals surface area contributed by atoms with E-state index in [9.17, 15) is 4.79 Å². The molecule has 0 aliphatic carbocycles. The molecule has 0 aliphatic rings. The molecule has 0 aliphatic heterocycles. The van der Waals surface area contributed by atoms with E-state index in [1.165, 1.54) is 6.92 Å². The van der Waals surface area contributed by atoms with Crippen LogP contribution in [0.5, 0.6) is 0 Å². The van der Waals surface area contributed by atoms with Crippen LogP contribution < -0.4 is 11.1 Å². The van der Waals surface area contributed by atoms with Gasteiger partial charge in [-0.15, -0.1) is 0 Å². The Balaban J connectivity index is 2.89. The van der Waals surface area contributed by atoms with E-state index in [0.29, 0.717) is 6.54 Å². The molecular weight excluding hydrogens is 204 g/mol. The summed E-state index contributed by atoms with van der Waals surface area (Å²) in [6.07, 6.45) is 0. The Labute approximate surface area is 95.8 Å². The molecule has 4 heteroatoms. The van der Waals surface area contributed by atoms with Gasteiger partial charge in [-0.25, -0.2) is 0 Å². The van der Waals surface area contributed by atoms with Gasteiger partial charge >= 0.3 is 0 Å². The van der Waals surface area contributed by atoms with Gasteiger partial charge in [0.05, 0.1) is 0 Å². The van der Waals surface area contributed by atoms with Crippen LogP contribution in [0.25, 0.3) is 0 Å². The maximum atomic E-state index is 10.9. The number of carbonyl (C=O) groups excluding carboxylic acids is 1. The van der Waals surface area contributed by atoms with Crippen LogP contribution in [-0.2, 0) is 15.1 Å². The zero-order valence-electron chi connectivity index (χ0n) is 9.91. The van der Waals surface area contributed by atoms with Gasteiger partial charge in [-0.05, 0) is 24.6 Å². The van der Waals surface area contributed by atoms with Crippen molar-refractivity contribution in [3.05, 3.63) is 29.8 Å². The average molecular weight is 222 g/mol. The molecule has 0 heterocycles. The van der Waals surface area contributed by atoms with E-state index < -0.39 is 5.60 Å². The van der Waals surface area contributed by atoms with Crippen LogP contribution in [0.3, 0.4) is 0 Å². The lowest BCUT2D eigenvalue weighted by Crippen LogP contribution is -2.33. The van der Waals surface area contributed by atoms with Crippen molar-refractivity contribution in [1.82, 2.24) is 0 Å². The van der Waals surface area contributed by atoms with Gasteiger partial charge in [-0.1, -0.05) is 12.1 Å². The molecule has 0 fully saturated rings. The summed E-state index contributed by atoms with van der Waals surface area (Å²) in [6, 6.07) is 7.48. The molecule has 4 nitrogen and oxygen atoms in total. The summed E-state index contributed by atoms with van der Waals surface area (Å²) in [5.41, 5.74) is 6.96. The number of nitrogens with two attached hydrogens (primary N) is 1. The molecule has 1 atom stereocenters. The monoisotopic (exact) mass is 222 g/mol. The molecule has 1 amide bonds. The quantitative estimate of drug-likeness (QED) is 0.810. The number of nitrogens with one attached hydrogen (secondary N) is 1. The first-order valence-corrected chi connectivity index (χ1v) is 5.15. The fourth-order valence-electron chi connectivity index (χ4n) is 1.43. The Morgan fingerprint density at radius 2 is 2.00 bits per heavy atom. The summed E-state index contributed by atoms with van der Waals surface area (Å²) in [7, 11) is 1.63. The second kappa shape index (κ2) is 5.09. The fourth-order valence-corrected chi connectivity index (χ4v) is 1.43. The van der Waals surface area contributed by atoms with Gasteiger partial charge in [-0.3, -0.25) is 4.79 Å². The van der Waals surface area contributed by atoms with Crippen LogP contribution in [0.1, 0.15) is 19.4 Å². The topological polar surface area (TPSA) is 64.3 Å². The standard InChI is InChI=1S/C12H18N2O2/c1-9(15)14-11-6-4-10(5-7-11)12(2,8-13)16-3/h4-7H,8,13H2,1-3H3,(H,14,15). The molecule has 16 heavy (non-hydrogen) atoms. The fraction of sp³-hybridized carbons (Fsp3) is 0.417. The Morgan fingerprint density at radius 1 is 1.44 bits per heavy atom. The lowest BCUT2D eigenvalue weighted by Gasteiger charge is -2.27. The first kappa shape index (κ1) is 12.7. The van der Waals surface area contributed by atoms with Gasteiger partial charge in [-0.2, -0.15) is 0 Å². The highest BCUT2D eigenvalue weighted by atomic mass is 16.5. The first-order valence-electron chi connectivity index (χ1n) is 5.15. The smallest absolute Gasteiger partial charge is 0.221 e. The Bertz CT molecular complexity index is 356. The summed E-state index contributed by atoms with van der Waals surface area (Å²) >= 11 is 0. The Morgan fingerprint density at radius 3 is 2.38 bits per heavy atom. The van der Waals surface area contributed by atoms with Gasteiger partial charge in [0, 0.05) is 26.3 Å². The van der Waals surface area contributed by atoms with Crippen LogP contribution in [-0.4, -0.2) is 19.6 Å². The summed E-state index contributed by atoms with van der Waals surface area (Å²) < 4.78 is 5.38. The van der Waals surface area contributed by atoms with Crippen molar-refractivity contribution in [2.75, 3.05) is 19.0 Å². The van der Waals surface area contributed by atoms with Crippen molar-refractivity contribution in [2.24, 2.45) is 5.73 Å². The number of anilines is 1. The third-order valence-corrected chi connectivity index (χ3v) is 2.66. The number of ether oxygens (including phenoxy) is 1. The molecule has 0 spiro atoms. The van der Waals surface area contributed by atoms with E-state index in [1.807, 2.05) is 31.2 Å². The minimum Gasteiger partial charge on any atom is -0.372 e. The molecule has 1 aromatic carbocycles. The molecule has 1 rings (SSSR count). The van der Waals surface area contributed by atoms with Gasteiger partial charge in [0.25, 0.3) is 0 Å². The van der Waals surface area contributed by atoms with Crippen LogP contribution in [0.15, 0.2) is 24.3 Å². The highest BCUT2D eigenvalue weighted by Crippen LogP contribution is 2.24. The molecule has 1 unspecified atom stereocenters. The third kappa shape index (κ3) is 2.81. The number of benzene rings is 1. The first-order chi connectivity index (χ1) is 7.51. The molecule has 1 aromatic rings. The predicted octanol–water partition coefficient (Wildman–Crippen LogP) is 1.47. The Hall–Kier alpha value is -1.39. The third-order valence-electron chi connectivity index (χ3n) is 2.66. The number of hydrogen-bond donors (Lipinski definition) is 2. The number of rotatable bonds is 4. The van der Waals surface area contributed by atoms with Crippen molar-refractivity contribution >= 4 is 11.6 Å². The van der Waals surface area contributed by atoms with E-state index in [4.69, 9.17) is 10.5 Å². The lowest BCUT2D eigenvalue weighted by atomic mass is 9.96. The number of methoxy groups -OCH3 is 1. The zero-order chi connectivity index (χ0) is 12.2. The van der Waals surface area contributed by atoms with E-state index in [2.05, 4.69) is 5.32 Å². The van der Waals surface area contributed by atoms with E-state index in [1.54, 1.807) is 7.11 Å². The maximum absolute atomic E-state index is 10.9. The minimum absolute atomic E-state index is 0.0823. The van der Waals surface area contributed by atoms with Crippen LogP contribution in [0, 0.1) is 0 Å². The van der Waals surface area contributed by atoms with E-state index >= 15 is 0 Å². The molecule has 88 valence electrons. The number of hydrogen-bond acceptors (Lipinski definition) is 3. The second-order valence-electron chi connectivity index (χ2n) is 3.90. The maximum Gasteiger partial charge on any atom is 0.221 e. The number of carbonyl (C=O) groups is 1. The van der Waals surface area contributed by atoms with E-state index in [-0.39, 0.29) is 5.91 Å². The second-order valence-corrected chi connectivity index (χ2v) is 3.90. The van der Waals surface area contributed by atoms with Gasteiger partial charge in [0.2, 0.25) is 5.91 Å². The van der Waals surface area contributed by atoms with Gasteiger partial charge in [0.15, 0.2) is 0 Å². The Kier molecular flexibility index (Phi) is 4.04. The normalized spacial score (nSPS) is 14.2. The summed E-state index contributed by atoms with van der Waals surface area (Å²) in [5, 5.41) is 2.71. The van der Waals surface area contributed by atoms with Crippen molar-refractivity contribution in [3.63, 3.8) is 0 Å². The summed E-state index contributed by atoms with van der Waals surface area (Å²) in [6.45, 7) is 3.82. The molecule has 0 radical (unpaired) electrons. The summed E-state index contributed by atoms with van der Waals surface area (Å²) in [4.78, 5) is 10.9. The molecular formula is C12H18N2O2. The molecule has 0 saturated carbocycles. The van der Waals surface area contributed by atoms with Crippen molar-refractivity contribution in [3.8, 4) is 0 Å². The zero-order valence-corrected chi connectivity index (χ0v) is 9.91. The van der Waals surface area contributed by atoms with Crippen molar-refractivity contribution < 1.29 is 9.53 Å². The van der Waals surface area contributed by atoms with Crippen molar-refractivity contribution in [1.29, 1.82) is 0 Å². The molecule has 0 saturated heterocycles. The van der Waals surface area contributed by atoms with E-state index in [0.717, 1.165) is 11.3 Å². The highest BCUT2D eigenvalue weighted by Gasteiger charge is 2.23. The average Bonchev–Trinajstić information content (AvgIpc) is 2.28. The van der Waals surface area contributed by atoms with Gasteiger partial charge < -0.3 is 15.8 Å². The number of amides is 1. The SMILES string of the molecule is COC(C)(CN)c1ccc(NC(C)=O)cc1. The van der Waals surface area contributed by atoms with Crippen LogP contribution in [0.2, 0.25) is 0 Å². The predicted molar refractivity (Wildman–Crippen MR) is 64.2 cm³/mol. The summed E-state index contributed by atoms with van der Waals surface area (Å²) in [5.74, 6) is -0.0823. The van der Waals surface area contributed by atoms with Gasteiger partial charge in [0.1, 0.15) is 5.60 Å². The molecule has 3 N–H and O–H groups in total.